The van der Waals surface area contributed by atoms with Gasteiger partial charge in [-0.1, -0.05) is 0 Å². The molecule has 3 rings (SSSR count). The molecule has 6 heteroatoms. The number of ether oxygens (including phenoxy) is 1. The third-order valence-electron chi connectivity index (χ3n) is 3.37. The molecule has 0 aliphatic heterocycles. The van der Waals surface area contributed by atoms with E-state index in [1.807, 2.05) is 29.7 Å². The van der Waals surface area contributed by atoms with Gasteiger partial charge in [0.25, 0.3) is 0 Å². The van der Waals surface area contributed by atoms with E-state index in [0.29, 0.717) is 14.8 Å². The molecule has 2 aromatic carbocycles. The Morgan fingerprint density at radius 2 is 2.05 bits per heavy atom. The molecule has 0 unspecified atom stereocenters. The molecule has 0 saturated heterocycles. The molecule has 1 aromatic heterocycles. The van der Waals surface area contributed by atoms with E-state index in [4.69, 9.17) is 17.0 Å². The highest BCUT2D eigenvalue weighted by Crippen LogP contribution is 2.28. The number of hydrogen-bond donors (Lipinski definition) is 1. The molecule has 0 spiro atoms. The van der Waals surface area contributed by atoms with E-state index in [9.17, 15) is 4.39 Å². The predicted molar refractivity (Wildman–Crippen MR) is 87.4 cm³/mol. The summed E-state index contributed by atoms with van der Waals surface area (Å²) < 4.78 is 21.7. The molecule has 0 aliphatic carbocycles. The number of hydrogen-bond acceptors (Lipinski definition) is 2. The summed E-state index contributed by atoms with van der Waals surface area (Å²) >= 11 is 8.60. The molecular weight excluding hydrogens is 355 g/mol. The van der Waals surface area contributed by atoms with Gasteiger partial charge < -0.3 is 9.72 Å². The van der Waals surface area contributed by atoms with Gasteiger partial charge in [-0.15, -0.1) is 0 Å². The lowest BCUT2D eigenvalue weighted by Crippen LogP contribution is -1.98. The summed E-state index contributed by atoms with van der Waals surface area (Å²) in [6.07, 6.45) is 0. The van der Waals surface area contributed by atoms with E-state index in [-0.39, 0.29) is 5.82 Å². The Morgan fingerprint density at radius 3 is 2.71 bits per heavy atom. The third kappa shape index (κ3) is 2.38. The Hall–Kier alpha value is -1.66. The summed E-state index contributed by atoms with van der Waals surface area (Å²) in [5.74, 6) is 0.465. The van der Waals surface area contributed by atoms with Gasteiger partial charge in [-0.3, -0.25) is 4.57 Å². The fourth-order valence-electron chi connectivity index (χ4n) is 2.35. The van der Waals surface area contributed by atoms with Gasteiger partial charge in [0.05, 0.1) is 28.3 Å². The van der Waals surface area contributed by atoms with Crippen molar-refractivity contribution in [2.45, 2.75) is 6.92 Å². The number of aryl methyl sites for hydroxylation is 1. The Kier molecular flexibility index (Phi) is 3.59. The lowest BCUT2D eigenvalue weighted by atomic mass is 10.2. The van der Waals surface area contributed by atoms with Gasteiger partial charge in [-0.2, -0.15) is 0 Å². The molecule has 3 nitrogen and oxygen atoms in total. The molecule has 3 aromatic rings. The van der Waals surface area contributed by atoms with Crippen molar-refractivity contribution in [1.29, 1.82) is 0 Å². The molecule has 0 aliphatic rings. The van der Waals surface area contributed by atoms with Crippen LogP contribution in [0.25, 0.3) is 16.7 Å². The van der Waals surface area contributed by atoms with Crippen LogP contribution in [0.1, 0.15) is 5.56 Å². The van der Waals surface area contributed by atoms with E-state index in [0.717, 1.165) is 22.5 Å². The highest BCUT2D eigenvalue weighted by atomic mass is 79.9. The van der Waals surface area contributed by atoms with Gasteiger partial charge >= 0.3 is 0 Å². The smallest absolute Gasteiger partial charge is 0.182 e. The number of imidazole rings is 1. The van der Waals surface area contributed by atoms with E-state index in [1.54, 1.807) is 13.2 Å². The van der Waals surface area contributed by atoms with Crippen molar-refractivity contribution in [3.8, 4) is 11.4 Å². The minimum absolute atomic E-state index is 0.322. The van der Waals surface area contributed by atoms with Crippen molar-refractivity contribution in [2.75, 3.05) is 7.11 Å². The van der Waals surface area contributed by atoms with Crippen LogP contribution in [0.5, 0.6) is 5.75 Å². The van der Waals surface area contributed by atoms with Crippen LogP contribution in [0, 0.1) is 17.5 Å². The second-order valence-electron chi connectivity index (χ2n) is 4.70. The first kappa shape index (κ1) is 14.3. The van der Waals surface area contributed by atoms with Crippen LogP contribution in [-0.4, -0.2) is 16.7 Å². The molecule has 0 amide bonds. The van der Waals surface area contributed by atoms with Crippen LogP contribution in [0.4, 0.5) is 4.39 Å². The maximum absolute atomic E-state index is 13.6. The summed E-state index contributed by atoms with van der Waals surface area (Å²) in [7, 11) is 1.63. The van der Waals surface area contributed by atoms with Gasteiger partial charge in [-0.25, -0.2) is 4.39 Å². The van der Waals surface area contributed by atoms with Crippen molar-refractivity contribution in [3.05, 3.63) is 51.0 Å². The zero-order valence-corrected chi connectivity index (χ0v) is 13.8. The van der Waals surface area contributed by atoms with Crippen LogP contribution in [0.3, 0.4) is 0 Å². The number of methoxy groups -OCH3 is 1. The molecule has 0 bridgehead atoms. The summed E-state index contributed by atoms with van der Waals surface area (Å²) in [5.41, 5.74) is 3.44. The van der Waals surface area contributed by atoms with Crippen molar-refractivity contribution in [1.82, 2.24) is 9.55 Å². The van der Waals surface area contributed by atoms with Crippen molar-refractivity contribution in [2.24, 2.45) is 0 Å². The second kappa shape index (κ2) is 5.27. The quantitative estimate of drug-likeness (QED) is 0.653. The van der Waals surface area contributed by atoms with E-state index < -0.39 is 0 Å². The van der Waals surface area contributed by atoms with Gasteiger partial charge in [-0.05, 0) is 64.9 Å². The molecule has 0 saturated carbocycles. The summed E-state index contributed by atoms with van der Waals surface area (Å²) in [6.45, 7) is 1.98. The highest BCUT2D eigenvalue weighted by Gasteiger charge is 2.12. The van der Waals surface area contributed by atoms with E-state index in [1.165, 1.54) is 6.07 Å². The zero-order chi connectivity index (χ0) is 15.1. The van der Waals surface area contributed by atoms with E-state index >= 15 is 0 Å². The molecule has 0 atom stereocenters. The third-order valence-corrected chi connectivity index (χ3v) is 4.26. The summed E-state index contributed by atoms with van der Waals surface area (Å²) in [4.78, 5) is 3.04. The van der Waals surface area contributed by atoms with Gasteiger partial charge in [0.15, 0.2) is 4.77 Å². The number of aromatic nitrogens is 2. The Balaban J connectivity index is 2.32. The topological polar surface area (TPSA) is 29.9 Å². The molecule has 1 heterocycles. The predicted octanol–water partition coefficient (Wildman–Crippen LogP) is 4.91. The normalized spacial score (nSPS) is 11.0. The Labute approximate surface area is 134 Å². The van der Waals surface area contributed by atoms with E-state index in [2.05, 4.69) is 20.9 Å². The van der Waals surface area contributed by atoms with Crippen LogP contribution in [0.15, 0.2) is 34.8 Å². The van der Waals surface area contributed by atoms with Crippen LogP contribution in [0.2, 0.25) is 0 Å². The van der Waals surface area contributed by atoms with Crippen LogP contribution >= 0.6 is 28.1 Å². The minimum Gasteiger partial charge on any atom is -0.497 e. The van der Waals surface area contributed by atoms with Crippen LogP contribution < -0.4 is 4.74 Å². The SMILES string of the molecule is COc1ccc(-n2c(=S)[nH]c3cc(F)c(Br)cc32)c(C)c1. The molecule has 108 valence electrons. The maximum Gasteiger partial charge on any atom is 0.182 e. The maximum atomic E-state index is 13.6. The number of halogens is 2. The molecular formula is C15H12BrFN2OS. The first-order valence-corrected chi connectivity index (χ1v) is 7.46. The lowest BCUT2D eigenvalue weighted by Gasteiger charge is -2.10. The van der Waals surface area contributed by atoms with Gasteiger partial charge in [0, 0.05) is 6.07 Å². The fraction of sp³-hybridized carbons (Fsp3) is 0.133. The first-order valence-electron chi connectivity index (χ1n) is 6.26. The minimum atomic E-state index is -0.322. The molecule has 21 heavy (non-hydrogen) atoms. The Morgan fingerprint density at radius 1 is 1.29 bits per heavy atom. The number of benzene rings is 2. The average molecular weight is 367 g/mol. The number of H-pyrrole nitrogens is 1. The zero-order valence-electron chi connectivity index (χ0n) is 11.4. The molecule has 0 fully saturated rings. The number of nitrogens with zero attached hydrogens (tertiary/aromatic N) is 1. The molecule has 0 radical (unpaired) electrons. The van der Waals surface area contributed by atoms with Gasteiger partial charge in [0.1, 0.15) is 11.6 Å². The van der Waals surface area contributed by atoms with Crippen LogP contribution in [-0.2, 0) is 0 Å². The lowest BCUT2D eigenvalue weighted by molar-refractivity contribution is 0.414. The second-order valence-corrected chi connectivity index (χ2v) is 5.94. The number of aromatic amines is 1. The summed E-state index contributed by atoms with van der Waals surface area (Å²) in [6, 6.07) is 8.91. The Bertz CT molecular complexity index is 901. The highest BCUT2D eigenvalue weighted by molar-refractivity contribution is 9.10. The number of nitrogens with one attached hydrogen (secondary N) is 1. The largest absolute Gasteiger partial charge is 0.497 e. The van der Waals surface area contributed by atoms with Gasteiger partial charge in [0.2, 0.25) is 0 Å². The van der Waals surface area contributed by atoms with Crippen molar-refractivity contribution < 1.29 is 9.13 Å². The molecule has 1 N–H and O–H groups in total. The summed E-state index contributed by atoms with van der Waals surface area (Å²) in [5, 5.41) is 0. The number of fused-ring (bicyclic) bond motifs is 1. The average Bonchev–Trinajstić information content (AvgIpc) is 2.75. The van der Waals surface area contributed by atoms with Crippen molar-refractivity contribution >= 4 is 39.2 Å². The van der Waals surface area contributed by atoms with Crippen molar-refractivity contribution in [3.63, 3.8) is 0 Å². The first-order chi connectivity index (χ1) is 10.0. The standard InChI is InChI=1S/C15H12BrFN2OS/c1-8-5-9(20-2)3-4-13(8)19-14-6-10(16)11(17)7-12(14)18-15(19)21/h3-7H,1-2H3,(H,18,21). The fourth-order valence-corrected chi connectivity index (χ4v) is 2.98. The monoisotopic (exact) mass is 366 g/mol. The number of rotatable bonds is 2.